The van der Waals surface area contributed by atoms with Crippen molar-refractivity contribution >= 4 is 21.8 Å². The monoisotopic (exact) mass is 350 g/mol. The minimum atomic E-state index is -0.0626. The van der Waals surface area contributed by atoms with Gasteiger partial charge in [0.25, 0.3) is 5.56 Å². The number of benzene rings is 3. The molecular weight excluding hydrogens is 332 g/mol. The molecule has 0 fully saturated rings. The number of pyridine rings is 1. The number of rotatable bonds is 2. The lowest BCUT2D eigenvalue weighted by molar-refractivity contribution is 1.14. The van der Waals surface area contributed by atoms with Gasteiger partial charge in [0.05, 0.1) is 11.0 Å². The summed E-state index contributed by atoms with van der Waals surface area (Å²) < 4.78 is 2.25. The van der Waals surface area contributed by atoms with Crippen LogP contribution < -0.4 is 5.56 Å². The molecule has 3 nitrogen and oxygen atoms in total. The molecule has 3 heteroatoms. The maximum absolute atomic E-state index is 12.7. The van der Waals surface area contributed by atoms with Gasteiger partial charge in [-0.3, -0.25) is 4.79 Å². The van der Waals surface area contributed by atoms with Gasteiger partial charge < -0.3 is 9.55 Å². The molecule has 0 saturated carbocycles. The van der Waals surface area contributed by atoms with Gasteiger partial charge in [-0.2, -0.15) is 0 Å². The number of aromatic amines is 1. The van der Waals surface area contributed by atoms with E-state index in [1.54, 1.807) is 0 Å². The van der Waals surface area contributed by atoms with Crippen LogP contribution in [0, 0.1) is 6.92 Å². The van der Waals surface area contributed by atoms with Crippen LogP contribution in [0.3, 0.4) is 0 Å². The van der Waals surface area contributed by atoms with Gasteiger partial charge in [-0.05, 0) is 37.3 Å². The van der Waals surface area contributed by atoms with Crippen LogP contribution in [0.4, 0.5) is 0 Å². The van der Waals surface area contributed by atoms with Crippen LogP contribution in [0.5, 0.6) is 0 Å². The summed E-state index contributed by atoms with van der Waals surface area (Å²) in [6.07, 6.45) is 0. The minimum Gasteiger partial charge on any atom is -0.326 e. The molecule has 0 radical (unpaired) electrons. The molecule has 0 amide bonds. The molecule has 5 rings (SSSR count). The Morgan fingerprint density at radius 3 is 2.26 bits per heavy atom. The van der Waals surface area contributed by atoms with E-state index < -0.39 is 0 Å². The van der Waals surface area contributed by atoms with E-state index in [2.05, 4.69) is 52.0 Å². The van der Waals surface area contributed by atoms with E-state index in [0.29, 0.717) is 5.56 Å². The van der Waals surface area contributed by atoms with Crippen LogP contribution in [0.2, 0.25) is 0 Å². The molecule has 0 bridgehead atoms. The van der Waals surface area contributed by atoms with Crippen molar-refractivity contribution in [3.05, 3.63) is 101 Å². The number of hydrogen-bond acceptors (Lipinski definition) is 1. The summed E-state index contributed by atoms with van der Waals surface area (Å²) in [4.78, 5) is 15.6. The molecule has 0 spiro atoms. The highest BCUT2D eigenvalue weighted by atomic mass is 16.1. The largest absolute Gasteiger partial charge is 0.326 e. The van der Waals surface area contributed by atoms with Crippen LogP contribution in [0.25, 0.3) is 38.6 Å². The molecule has 130 valence electrons. The summed E-state index contributed by atoms with van der Waals surface area (Å²) in [6.45, 7) is 1.90. The van der Waals surface area contributed by atoms with Crippen molar-refractivity contribution < 1.29 is 0 Å². The number of hydrogen-bond donors (Lipinski definition) is 1. The van der Waals surface area contributed by atoms with Gasteiger partial charge in [0.15, 0.2) is 0 Å². The minimum absolute atomic E-state index is 0.0626. The first-order chi connectivity index (χ1) is 13.2. The molecule has 0 aliphatic rings. The summed E-state index contributed by atoms with van der Waals surface area (Å²) in [5, 5.41) is 2.33. The first-order valence-electron chi connectivity index (χ1n) is 9.02. The fourth-order valence-corrected chi connectivity index (χ4v) is 3.87. The van der Waals surface area contributed by atoms with Crippen molar-refractivity contribution in [2.24, 2.45) is 0 Å². The first-order valence-corrected chi connectivity index (χ1v) is 9.02. The fourth-order valence-electron chi connectivity index (χ4n) is 3.87. The number of H-pyrrole nitrogens is 1. The predicted octanol–water partition coefficient (Wildman–Crippen LogP) is 5.45. The lowest BCUT2D eigenvalue weighted by Crippen LogP contribution is -2.10. The van der Waals surface area contributed by atoms with Gasteiger partial charge in [-0.15, -0.1) is 0 Å². The van der Waals surface area contributed by atoms with Crippen LogP contribution in [-0.2, 0) is 0 Å². The zero-order valence-corrected chi connectivity index (χ0v) is 14.9. The smallest absolute Gasteiger partial charge is 0.256 e. The third-order valence-corrected chi connectivity index (χ3v) is 5.05. The van der Waals surface area contributed by atoms with Crippen molar-refractivity contribution in [1.82, 2.24) is 9.55 Å². The van der Waals surface area contributed by atoms with Crippen molar-refractivity contribution in [2.75, 3.05) is 0 Å². The van der Waals surface area contributed by atoms with Crippen molar-refractivity contribution in [2.45, 2.75) is 6.92 Å². The molecule has 5 aromatic rings. The third-order valence-electron chi connectivity index (χ3n) is 5.05. The van der Waals surface area contributed by atoms with Crippen LogP contribution in [0.15, 0.2) is 89.7 Å². The molecule has 2 aromatic heterocycles. The second-order valence-electron chi connectivity index (χ2n) is 6.77. The number of nitrogens with zero attached hydrogens (tertiary/aromatic N) is 1. The Morgan fingerprint density at radius 1 is 0.704 bits per heavy atom. The topological polar surface area (TPSA) is 37.8 Å². The van der Waals surface area contributed by atoms with Gasteiger partial charge >= 0.3 is 0 Å². The standard InChI is InChI=1S/C24H18N2O/c1-16-14-15-21(24(27)25-16)20-12-7-11-19-18-10-5-6-13-22(18)26(23(19)20)17-8-3-2-4-9-17/h2-15H,1H3,(H,25,27). The highest BCUT2D eigenvalue weighted by Gasteiger charge is 2.17. The molecule has 1 N–H and O–H groups in total. The summed E-state index contributed by atoms with van der Waals surface area (Å²) in [6, 6.07) is 28.7. The first kappa shape index (κ1) is 15.6. The molecule has 0 aliphatic carbocycles. The SMILES string of the molecule is Cc1ccc(-c2cccc3c4ccccc4n(-c4ccccc4)c23)c(=O)[nH]1. The van der Waals surface area contributed by atoms with Gasteiger partial charge in [-0.25, -0.2) is 0 Å². The number of para-hydroxylation sites is 3. The summed E-state index contributed by atoms with van der Waals surface area (Å²) in [5.41, 5.74) is 5.69. The summed E-state index contributed by atoms with van der Waals surface area (Å²) in [7, 11) is 0. The number of aryl methyl sites for hydroxylation is 1. The van der Waals surface area contributed by atoms with Gasteiger partial charge in [0.1, 0.15) is 0 Å². The highest BCUT2D eigenvalue weighted by Crippen LogP contribution is 2.36. The van der Waals surface area contributed by atoms with Gasteiger partial charge in [0, 0.05) is 33.3 Å². The normalized spacial score (nSPS) is 11.3. The van der Waals surface area contributed by atoms with E-state index in [1.165, 1.54) is 5.39 Å². The van der Waals surface area contributed by atoms with Crippen molar-refractivity contribution in [3.8, 4) is 16.8 Å². The Kier molecular flexibility index (Phi) is 3.47. The number of aromatic nitrogens is 2. The Hall–Kier alpha value is -3.59. The maximum Gasteiger partial charge on any atom is 0.256 e. The molecule has 2 heterocycles. The van der Waals surface area contributed by atoms with E-state index in [1.807, 2.05) is 49.4 Å². The second-order valence-corrected chi connectivity index (χ2v) is 6.77. The lowest BCUT2D eigenvalue weighted by Gasteiger charge is -2.11. The fraction of sp³-hybridized carbons (Fsp3) is 0.0417. The molecule has 0 unspecified atom stereocenters. The van der Waals surface area contributed by atoms with Crippen LogP contribution in [-0.4, -0.2) is 9.55 Å². The zero-order valence-electron chi connectivity index (χ0n) is 14.9. The van der Waals surface area contributed by atoms with Crippen LogP contribution in [0.1, 0.15) is 5.69 Å². The molecule has 3 aromatic carbocycles. The zero-order chi connectivity index (χ0) is 18.4. The molecule has 0 atom stereocenters. The van der Waals surface area contributed by atoms with E-state index in [0.717, 1.165) is 33.4 Å². The van der Waals surface area contributed by atoms with E-state index in [-0.39, 0.29) is 5.56 Å². The average molecular weight is 350 g/mol. The quantitative estimate of drug-likeness (QED) is 0.452. The third kappa shape index (κ3) is 2.40. The second kappa shape index (κ2) is 5.99. The molecule has 0 saturated heterocycles. The van der Waals surface area contributed by atoms with Crippen LogP contribution >= 0.6 is 0 Å². The number of fused-ring (bicyclic) bond motifs is 3. The van der Waals surface area contributed by atoms with E-state index >= 15 is 0 Å². The summed E-state index contributed by atoms with van der Waals surface area (Å²) in [5.74, 6) is 0. The lowest BCUT2D eigenvalue weighted by atomic mass is 10.0. The van der Waals surface area contributed by atoms with E-state index in [9.17, 15) is 4.79 Å². The van der Waals surface area contributed by atoms with Gasteiger partial charge in [0.2, 0.25) is 0 Å². The Bertz CT molecular complexity index is 1340. The summed E-state index contributed by atoms with van der Waals surface area (Å²) >= 11 is 0. The Balaban J connectivity index is 1.99. The Labute approximate surface area is 156 Å². The number of nitrogens with one attached hydrogen (secondary N) is 1. The van der Waals surface area contributed by atoms with Gasteiger partial charge in [-0.1, -0.05) is 54.6 Å². The predicted molar refractivity (Wildman–Crippen MR) is 112 cm³/mol. The average Bonchev–Trinajstić information content (AvgIpc) is 3.04. The highest BCUT2D eigenvalue weighted by molar-refractivity contribution is 6.13. The van der Waals surface area contributed by atoms with Crippen molar-refractivity contribution in [3.63, 3.8) is 0 Å². The van der Waals surface area contributed by atoms with Crippen molar-refractivity contribution in [1.29, 1.82) is 0 Å². The molecular formula is C24H18N2O. The maximum atomic E-state index is 12.7. The molecule has 0 aliphatic heterocycles. The molecule has 27 heavy (non-hydrogen) atoms. The van der Waals surface area contributed by atoms with E-state index in [4.69, 9.17) is 0 Å². The Morgan fingerprint density at radius 2 is 1.44 bits per heavy atom.